The largest absolute Gasteiger partial charge is 0.396 e. The number of amides is 1. The summed E-state index contributed by atoms with van der Waals surface area (Å²) in [6, 6.07) is 0. The molecule has 5 heteroatoms. The van der Waals surface area contributed by atoms with Gasteiger partial charge in [-0.25, -0.2) is 4.98 Å². The van der Waals surface area contributed by atoms with Gasteiger partial charge in [-0.15, -0.1) is 0 Å². The molecule has 0 bridgehead atoms. The molecule has 1 heterocycles. The highest BCUT2D eigenvalue weighted by Crippen LogP contribution is 1.91. The summed E-state index contributed by atoms with van der Waals surface area (Å²) >= 11 is 0. The molecule has 0 saturated carbocycles. The maximum absolute atomic E-state index is 11.0. The number of hydrogen-bond donors (Lipinski definition) is 3. The van der Waals surface area contributed by atoms with Crippen molar-refractivity contribution in [1.82, 2.24) is 15.3 Å². The molecular weight excluding hydrogens is 170 g/mol. The quantitative estimate of drug-likeness (QED) is 0.591. The zero-order valence-electron chi connectivity index (χ0n) is 7.29. The van der Waals surface area contributed by atoms with Crippen LogP contribution in [0.3, 0.4) is 0 Å². The molecule has 13 heavy (non-hydrogen) atoms. The van der Waals surface area contributed by atoms with E-state index in [-0.39, 0.29) is 12.5 Å². The second-order valence-corrected chi connectivity index (χ2v) is 2.68. The van der Waals surface area contributed by atoms with Gasteiger partial charge in [-0.2, -0.15) is 0 Å². The van der Waals surface area contributed by atoms with Crippen LogP contribution in [0.2, 0.25) is 0 Å². The predicted molar refractivity (Wildman–Crippen MR) is 46.8 cm³/mol. The van der Waals surface area contributed by atoms with E-state index in [9.17, 15) is 4.79 Å². The summed E-state index contributed by atoms with van der Waals surface area (Å²) in [4.78, 5) is 17.7. The van der Waals surface area contributed by atoms with Crippen molar-refractivity contribution < 1.29 is 9.90 Å². The third-order valence-electron chi connectivity index (χ3n) is 1.59. The molecule has 0 radical (unpaired) electrons. The van der Waals surface area contributed by atoms with E-state index in [1.807, 2.05) is 0 Å². The SMILES string of the molecule is O=C(CCCO)NCc1cnc[nH]1. The Balaban J connectivity index is 2.15. The molecular formula is C8H13N3O2. The Hall–Kier alpha value is -1.36. The lowest BCUT2D eigenvalue weighted by molar-refractivity contribution is -0.121. The summed E-state index contributed by atoms with van der Waals surface area (Å²) in [5, 5.41) is 11.2. The average Bonchev–Trinajstić information content (AvgIpc) is 2.64. The van der Waals surface area contributed by atoms with Gasteiger partial charge in [-0.3, -0.25) is 4.79 Å². The molecule has 0 saturated heterocycles. The van der Waals surface area contributed by atoms with Crippen molar-refractivity contribution in [3.63, 3.8) is 0 Å². The van der Waals surface area contributed by atoms with Gasteiger partial charge < -0.3 is 15.4 Å². The zero-order valence-corrected chi connectivity index (χ0v) is 7.29. The van der Waals surface area contributed by atoms with Crippen molar-refractivity contribution in [2.24, 2.45) is 0 Å². The number of carbonyl (C=O) groups is 1. The second-order valence-electron chi connectivity index (χ2n) is 2.68. The first-order valence-electron chi connectivity index (χ1n) is 4.17. The smallest absolute Gasteiger partial charge is 0.220 e. The average molecular weight is 183 g/mol. The third-order valence-corrected chi connectivity index (χ3v) is 1.59. The van der Waals surface area contributed by atoms with Crippen molar-refractivity contribution >= 4 is 5.91 Å². The number of H-pyrrole nitrogens is 1. The van der Waals surface area contributed by atoms with Crippen LogP contribution >= 0.6 is 0 Å². The van der Waals surface area contributed by atoms with Crippen molar-refractivity contribution in [2.45, 2.75) is 19.4 Å². The summed E-state index contributed by atoms with van der Waals surface area (Å²) in [5.41, 5.74) is 0.873. The Morgan fingerprint density at radius 1 is 1.69 bits per heavy atom. The van der Waals surface area contributed by atoms with Crippen molar-refractivity contribution in [1.29, 1.82) is 0 Å². The lowest BCUT2D eigenvalue weighted by Gasteiger charge is -2.01. The predicted octanol–water partition coefficient (Wildman–Crippen LogP) is -0.202. The van der Waals surface area contributed by atoms with Gasteiger partial charge in [0.15, 0.2) is 0 Å². The van der Waals surface area contributed by atoms with E-state index in [1.54, 1.807) is 12.5 Å². The highest BCUT2D eigenvalue weighted by Gasteiger charge is 2.00. The summed E-state index contributed by atoms with van der Waals surface area (Å²) in [5.74, 6) is -0.0522. The molecule has 0 unspecified atom stereocenters. The first-order valence-corrected chi connectivity index (χ1v) is 4.17. The molecule has 0 aliphatic rings. The van der Waals surface area contributed by atoms with Crippen molar-refractivity contribution in [3.05, 3.63) is 18.2 Å². The van der Waals surface area contributed by atoms with Gasteiger partial charge in [0.05, 0.1) is 18.6 Å². The van der Waals surface area contributed by atoms with Crippen LogP contribution in [0.4, 0.5) is 0 Å². The number of imidazole rings is 1. The van der Waals surface area contributed by atoms with Crippen molar-refractivity contribution in [2.75, 3.05) is 6.61 Å². The maximum atomic E-state index is 11.0. The Morgan fingerprint density at radius 2 is 2.54 bits per heavy atom. The topological polar surface area (TPSA) is 78.0 Å². The summed E-state index contributed by atoms with van der Waals surface area (Å²) in [7, 11) is 0. The fourth-order valence-corrected chi connectivity index (χ4v) is 0.903. The maximum Gasteiger partial charge on any atom is 0.220 e. The molecule has 1 amide bonds. The van der Waals surface area contributed by atoms with E-state index in [0.29, 0.717) is 19.4 Å². The Bertz CT molecular complexity index is 246. The highest BCUT2D eigenvalue weighted by atomic mass is 16.3. The number of aliphatic hydroxyl groups excluding tert-OH is 1. The number of aliphatic hydroxyl groups is 1. The minimum Gasteiger partial charge on any atom is -0.396 e. The number of nitrogens with one attached hydrogen (secondary N) is 2. The molecule has 0 atom stereocenters. The first-order chi connectivity index (χ1) is 6.33. The van der Waals surface area contributed by atoms with E-state index >= 15 is 0 Å². The van der Waals surface area contributed by atoms with Crippen molar-refractivity contribution in [3.8, 4) is 0 Å². The molecule has 0 aromatic carbocycles. The molecule has 1 aromatic heterocycles. The van der Waals surface area contributed by atoms with Crippen LogP contribution in [0.1, 0.15) is 18.5 Å². The molecule has 5 nitrogen and oxygen atoms in total. The van der Waals surface area contributed by atoms with Gasteiger partial charge in [0.1, 0.15) is 0 Å². The van der Waals surface area contributed by atoms with Gasteiger partial charge in [0.2, 0.25) is 5.91 Å². The Morgan fingerprint density at radius 3 is 3.15 bits per heavy atom. The van der Waals surface area contributed by atoms with Crippen LogP contribution < -0.4 is 5.32 Å². The van der Waals surface area contributed by atoms with Gasteiger partial charge in [0.25, 0.3) is 0 Å². The van der Waals surface area contributed by atoms with E-state index in [1.165, 1.54) is 0 Å². The minimum absolute atomic E-state index is 0.0522. The standard InChI is InChI=1S/C8H13N3O2/c12-3-1-2-8(13)10-5-7-4-9-6-11-7/h4,6,12H,1-3,5H2,(H,9,11)(H,10,13). The molecule has 0 spiro atoms. The fourth-order valence-electron chi connectivity index (χ4n) is 0.903. The van der Waals surface area contributed by atoms with Crippen LogP contribution in [0, 0.1) is 0 Å². The summed E-state index contributed by atoms with van der Waals surface area (Å²) in [6.45, 7) is 0.516. The third kappa shape index (κ3) is 3.71. The molecule has 0 fully saturated rings. The monoisotopic (exact) mass is 183 g/mol. The first kappa shape index (κ1) is 9.73. The number of nitrogens with zero attached hydrogens (tertiary/aromatic N) is 1. The lowest BCUT2D eigenvalue weighted by Crippen LogP contribution is -2.22. The number of aromatic amines is 1. The van der Waals surface area contributed by atoms with Gasteiger partial charge in [-0.05, 0) is 6.42 Å². The van der Waals surface area contributed by atoms with E-state index in [2.05, 4.69) is 15.3 Å². The Kier molecular flexibility index (Phi) is 3.98. The Labute approximate surface area is 76.2 Å². The van der Waals surface area contributed by atoms with E-state index in [0.717, 1.165) is 5.69 Å². The second kappa shape index (κ2) is 5.31. The van der Waals surface area contributed by atoms with Crippen LogP contribution in [-0.2, 0) is 11.3 Å². The number of hydrogen-bond acceptors (Lipinski definition) is 3. The van der Waals surface area contributed by atoms with E-state index in [4.69, 9.17) is 5.11 Å². The lowest BCUT2D eigenvalue weighted by atomic mass is 10.3. The molecule has 3 N–H and O–H groups in total. The van der Waals surface area contributed by atoms with Crippen LogP contribution in [0.5, 0.6) is 0 Å². The van der Waals surface area contributed by atoms with Gasteiger partial charge in [-0.1, -0.05) is 0 Å². The molecule has 1 rings (SSSR count). The summed E-state index contributed by atoms with van der Waals surface area (Å²) in [6.07, 6.45) is 4.10. The minimum atomic E-state index is -0.0522. The van der Waals surface area contributed by atoms with Gasteiger partial charge >= 0.3 is 0 Å². The zero-order chi connectivity index (χ0) is 9.52. The molecule has 0 aliphatic heterocycles. The number of rotatable bonds is 5. The van der Waals surface area contributed by atoms with Gasteiger partial charge in [0, 0.05) is 19.2 Å². The summed E-state index contributed by atoms with van der Waals surface area (Å²) < 4.78 is 0. The van der Waals surface area contributed by atoms with E-state index < -0.39 is 0 Å². The van der Waals surface area contributed by atoms with Crippen LogP contribution in [-0.4, -0.2) is 27.6 Å². The number of carbonyl (C=O) groups excluding carboxylic acids is 1. The fraction of sp³-hybridized carbons (Fsp3) is 0.500. The van der Waals surface area contributed by atoms with Crippen LogP contribution in [0.15, 0.2) is 12.5 Å². The number of aromatic nitrogens is 2. The molecule has 72 valence electrons. The molecule has 0 aliphatic carbocycles. The molecule has 1 aromatic rings. The van der Waals surface area contributed by atoms with Crippen LogP contribution in [0.25, 0.3) is 0 Å². The normalized spacial score (nSPS) is 9.92. The highest BCUT2D eigenvalue weighted by molar-refractivity contribution is 5.75.